The number of nitrogens with two attached hydrogens (primary N) is 1. The summed E-state index contributed by atoms with van der Waals surface area (Å²) >= 11 is 0. The average Bonchev–Trinajstić information content (AvgIpc) is 2.78. The molecule has 0 spiro atoms. The zero-order valence-corrected chi connectivity index (χ0v) is 17.5. The fourth-order valence-corrected chi connectivity index (χ4v) is 3.61. The van der Waals surface area contributed by atoms with Crippen molar-refractivity contribution in [3.63, 3.8) is 0 Å². The molecule has 0 aliphatic carbocycles. The Hall–Kier alpha value is -4.05. The van der Waals surface area contributed by atoms with E-state index in [4.69, 9.17) is 19.9 Å². The zero-order valence-electron chi connectivity index (χ0n) is 17.5. The van der Waals surface area contributed by atoms with E-state index in [9.17, 15) is 14.9 Å². The van der Waals surface area contributed by atoms with E-state index in [2.05, 4.69) is 6.07 Å². The molecule has 0 fully saturated rings. The number of ether oxygens (including phenoxy) is 3. The maximum Gasteiger partial charge on any atom is 0.338 e. The molecule has 158 valence electrons. The lowest BCUT2D eigenvalue weighted by atomic mass is 9.79. The first kappa shape index (κ1) is 21.7. The number of benzene rings is 2. The molecule has 0 saturated carbocycles. The van der Waals surface area contributed by atoms with Gasteiger partial charge in [0, 0.05) is 0 Å². The number of carbonyl (C=O) groups is 2. The Labute approximate surface area is 180 Å². The highest BCUT2D eigenvalue weighted by atomic mass is 16.5. The second-order valence-electron chi connectivity index (χ2n) is 6.77. The van der Waals surface area contributed by atoms with E-state index in [1.54, 1.807) is 32.0 Å². The van der Waals surface area contributed by atoms with Gasteiger partial charge in [-0.1, -0.05) is 36.4 Å². The molecule has 1 heterocycles. The molecule has 7 nitrogen and oxygen atoms in total. The second kappa shape index (κ2) is 9.18. The van der Waals surface area contributed by atoms with Crippen molar-refractivity contribution in [2.45, 2.75) is 19.8 Å². The number of rotatable bonds is 5. The van der Waals surface area contributed by atoms with Gasteiger partial charge in [0.05, 0.1) is 30.8 Å². The van der Waals surface area contributed by atoms with Gasteiger partial charge in [0.2, 0.25) is 5.88 Å². The standard InChI is InChI=1S/C24H22N2O5/c1-4-30-24(28)20-14(2)31-22(26)19(13-25)21(20)18-11-6-5-10-17(18)15-8-7-9-16(12-15)23(27)29-3/h5-12,21H,4,26H2,1-3H3. The van der Waals surface area contributed by atoms with Crippen LogP contribution in [0.3, 0.4) is 0 Å². The fraction of sp³-hybridized carbons (Fsp3) is 0.208. The van der Waals surface area contributed by atoms with E-state index in [0.717, 1.165) is 11.1 Å². The number of carbonyl (C=O) groups excluding carboxylic acids is 2. The van der Waals surface area contributed by atoms with Crippen LogP contribution in [0.4, 0.5) is 0 Å². The topological polar surface area (TPSA) is 112 Å². The fourth-order valence-electron chi connectivity index (χ4n) is 3.61. The van der Waals surface area contributed by atoms with Crippen LogP contribution >= 0.6 is 0 Å². The van der Waals surface area contributed by atoms with Gasteiger partial charge in [-0.2, -0.15) is 5.26 Å². The summed E-state index contributed by atoms with van der Waals surface area (Å²) in [5, 5.41) is 9.82. The van der Waals surface area contributed by atoms with Crippen LogP contribution in [0.15, 0.2) is 71.3 Å². The molecule has 2 aromatic carbocycles. The van der Waals surface area contributed by atoms with Crippen molar-refractivity contribution in [2.24, 2.45) is 5.73 Å². The summed E-state index contributed by atoms with van der Waals surface area (Å²) in [6.07, 6.45) is 0. The van der Waals surface area contributed by atoms with Crippen molar-refractivity contribution in [3.05, 3.63) is 82.4 Å². The van der Waals surface area contributed by atoms with E-state index in [-0.39, 0.29) is 29.4 Å². The molecule has 7 heteroatoms. The number of allylic oxidation sites excluding steroid dienone is 2. The van der Waals surface area contributed by atoms with Crippen LogP contribution in [0.25, 0.3) is 11.1 Å². The lowest BCUT2D eigenvalue weighted by Gasteiger charge is -2.28. The molecular formula is C24H22N2O5. The van der Waals surface area contributed by atoms with Crippen molar-refractivity contribution in [1.82, 2.24) is 0 Å². The number of hydrogen-bond donors (Lipinski definition) is 1. The Morgan fingerprint density at radius 2 is 1.90 bits per heavy atom. The van der Waals surface area contributed by atoms with E-state index < -0.39 is 17.9 Å². The maximum absolute atomic E-state index is 12.8. The lowest BCUT2D eigenvalue weighted by Crippen LogP contribution is -2.26. The Balaban J connectivity index is 2.24. The minimum Gasteiger partial charge on any atom is -0.465 e. The molecular weight excluding hydrogens is 396 g/mol. The number of hydrogen-bond acceptors (Lipinski definition) is 7. The predicted octanol–water partition coefficient (Wildman–Crippen LogP) is 3.78. The van der Waals surface area contributed by atoms with Crippen molar-refractivity contribution in [2.75, 3.05) is 13.7 Å². The van der Waals surface area contributed by atoms with Crippen LogP contribution in [0.2, 0.25) is 0 Å². The maximum atomic E-state index is 12.8. The molecule has 0 bridgehead atoms. The molecule has 0 aromatic heterocycles. The molecule has 1 unspecified atom stereocenters. The zero-order chi connectivity index (χ0) is 22.5. The summed E-state index contributed by atoms with van der Waals surface area (Å²) in [6.45, 7) is 3.49. The molecule has 0 radical (unpaired) electrons. The van der Waals surface area contributed by atoms with E-state index >= 15 is 0 Å². The van der Waals surface area contributed by atoms with Gasteiger partial charge < -0.3 is 19.9 Å². The molecule has 2 aromatic rings. The third-order valence-electron chi connectivity index (χ3n) is 4.97. The Morgan fingerprint density at radius 3 is 2.58 bits per heavy atom. The van der Waals surface area contributed by atoms with Crippen LogP contribution in [0, 0.1) is 11.3 Å². The Kier molecular flexibility index (Phi) is 6.41. The highest BCUT2D eigenvalue weighted by Crippen LogP contribution is 2.43. The summed E-state index contributed by atoms with van der Waals surface area (Å²) in [7, 11) is 1.32. The van der Waals surface area contributed by atoms with E-state index in [1.807, 2.05) is 30.3 Å². The summed E-state index contributed by atoms with van der Waals surface area (Å²) in [5.74, 6) is -1.61. The van der Waals surface area contributed by atoms with Gasteiger partial charge in [-0.05, 0) is 42.7 Å². The van der Waals surface area contributed by atoms with E-state index in [0.29, 0.717) is 11.1 Å². The van der Waals surface area contributed by atoms with Gasteiger partial charge in [0.25, 0.3) is 0 Å². The van der Waals surface area contributed by atoms with Gasteiger partial charge in [-0.3, -0.25) is 0 Å². The van der Waals surface area contributed by atoms with Gasteiger partial charge in [0.15, 0.2) is 0 Å². The van der Waals surface area contributed by atoms with Crippen molar-refractivity contribution < 1.29 is 23.8 Å². The average molecular weight is 418 g/mol. The minimum absolute atomic E-state index is 0.0591. The van der Waals surface area contributed by atoms with Crippen LogP contribution in [-0.4, -0.2) is 25.7 Å². The van der Waals surface area contributed by atoms with Crippen LogP contribution in [0.1, 0.15) is 35.7 Å². The summed E-state index contributed by atoms with van der Waals surface area (Å²) in [4.78, 5) is 24.8. The molecule has 1 atom stereocenters. The van der Waals surface area contributed by atoms with Crippen molar-refractivity contribution >= 4 is 11.9 Å². The third-order valence-corrected chi connectivity index (χ3v) is 4.97. The van der Waals surface area contributed by atoms with Gasteiger partial charge in [0.1, 0.15) is 17.4 Å². The Bertz CT molecular complexity index is 1140. The molecule has 3 rings (SSSR count). The first-order valence-corrected chi connectivity index (χ1v) is 9.66. The number of esters is 2. The Morgan fingerprint density at radius 1 is 1.16 bits per heavy atom. The highest BCUT2D eigenvalue weighted by Gasteiger charge is 2.37. The molecule has 0 amide bonds. The SMILES string of the molecule is CCOC(=O)C1=C(C)OC(N)=C(C#N)C1c1ccccc1-c1cccc(C(=O)OC)c1. The minimum atomic E-state index is -0.782. The van der Waals surface area contributed by atoms with Crippen LogP contribution in [-0.2, 0) is 19.0 Å². The third kappa shape index (κ3) is 4.14. The normalized spacial score (nSPS) is 15.7. The second-order valence-corrected chi connectivity index (χ2v) is 6.77. The summed E-state index contributed by atoms with van der Waals surface area (Å²) < 4.78 is 15.5. The van der Waals surface area contributed by atoms with Gasteiger partial charge in [-0.15, -0.1) is 0 Å². The summed E-state index contributed by atoms with van der Waals surface area (Å²) in [6, 6.07) is 16.3. The predicted molar refractivity (Wildman–Crippen MR) is 113 cm³/mol. The molecule has 31 heavy (non-hydrogen) atoms. The smallest absolute Gasteiger partial charge is 0.338 e. The largest absolute Gasteiger partial charge is 0.465 e. The quantitative estimate of drug-likeness (QED) is 0.735. The molecule has 1 aliphatic rings. The van der Waals surface area contributed by atoms with Crippen molar-refractivity contribution in [1.29, 1.82) is 5.26 Å². The lowest BCUT2D eigenvalue weighted by molar-refractivity contribution is -0.139. The molecule has 1 aliphatic heterocycles. The van der Waals surface area contributed by atoms with Crippen LogP contribution < -0.4 is 5.73 Å². The first-order chi connectivity index (χ1) is 14.9. The van der Waals surface area contributed by atoms with Gasteiger partial charge in [-0.25, -0.2) is 9.59 Å². The van der Waals surface area contributed by atoms with E-state index in [1.165, 1.54) is 7.11 Å². The van der Waals surface area contributed by atoms with Gasteiger partial charge >= 0.3 is 11.9 Å². The first-order valence-electron chi connectivity index (χ1n) is 9.66. The van der Waals surface area contributed by atoms with Crippen molar-refractivity contribution in [3.8, 4) is 17.2 Å². The number of nitriles is 1. The monoisotopic (exact) mass is 418 g/mol. The molecule has 2 N–H and O–H groups in total. The number of methoxy groups -OCH3 is 1. The molecule has 0 saturated heterocycles. The summed E-state index contributed by atoms with van der Waals surface area (Å²) in [5.41, 5.74) is 8.83. The van der Waals surface area contributed by atoms with Crippen LogP contribution in [0.5, 0.6) is 0 Å². The number of nitrogens with zero attached hydrogens (tertiary/aromatic N) is 1. The highest BCUT2D eigenvalue weighted by molar-refractivity contribution is 5.94.